The Kier molecular flexibility index (Phi) is 10.4. The van der Waals surface area contributed by atoms with E-state index in [1.165, 1.54) is 4.90 Å². The van der Waals surface area contributed by atoms with Crippen molar-refractivity contribution in [1.82, 2.24) is 10.2 Å². The average molecular weight is 506 g/mol. The minimum Gasteiger partial charge on any atom is -0.497 e. The number of carbonyl (C=O) groups excluding carboxylic acids is 2. The first-order valence-electron chi connectivity index (χ1n) is 11.6. The van der Waals surface area contributed by atoms with Crippen LogP contribution in [-0.4, -0.2) is 64.2 Å². The average Bonchev–Trinajstić information content (AvgIpc) is 2.83. The van der Waals surface area contributed by atoms with Crippen LogP contribution in [0.2, 0.25) is 0 Å². The minimum absolute atomic E-state index is 0.128. The molecule has 0 heterocycles. The molecule has 0 saturated carbocycles. The van der Waals surface area contributed by atoms with Crippen molar-refractivity contribution in [3.63, 3.8) is 0 Å². The Labute approximate surface area is 208 Å². The number of anilines is 1. The fourth-order valence-electron chi connectivity index (χ4n) is 3.67. The standard InChI is InChI=1S/C25H35N3O6S/c1-6-21(25(30)26-7-2)27(17-19-13-15-20(33-4)16-14-19)24(29)18-28(35(5,31)32)22-11-9-10-12-23(22)34-8-3/h9-16,21H,6-8,17-18H2,1-5H3,(H,26,30)/t21-/m0/s1. The molecule has 0 aromatic heterocycles. The lowest BCUT2D eigenvalue weighted by Gasteiger charge is -2.33. The van der Waals surface area contributed by atoms with Gasteiger partial charge in [-0.3, -0.25) is 13.9 Å². The van der Waals surface area contributed by atoms with Gasteiger partial charge in [-0.1, -0.05) is 31.2 Å². The van der Waals surface area contributed by atoms with E-state index in [0.29, 0.717) is 31.1 Å². The molecular formula is C25H35N3O6S. The number of likely N-dealkylation sites (N-methyl/N-ethyl adjacent to an activating group) is 1. The molecule has 0 fully saturated rings. The number of benzene rings is 2. The molecule has 192 valence electrons. The molecule has 0 saturated heterocycles. The van der Waals surface area contributed by atoms with Crippen LogP contribution in [0.1, 0.15) is 32.8 Å². The van der Waals surface area contributed by atoms with Crippen LogP contribution < -0.4 is 19.1 Å². The Morgan fingerprint density at radius 3 is 2.23 bits per heavy atom. The van der Waals surface area contributed by atoms with E-state index in [0.717, 1.165) is 16.1 Å². The Morgan fingerprint density at radius 2 is 1.69 bits per heavy atom. The predicted molar refractivity (Wildman–Crippen MR) is 136 cm³/mol. The van der Waals surface area contributed by atoms with E-state index in [-0.39, 0.29) is 18.1 Å². The lowest BCUT2D eigenvalue weighted by atomic mass is 10.1. The van der Waals surface area contributed by atoms with Gasteiger partial charge in [0.25, 0.3) is 0 Å². The molecule has 2 aromatic carbocycles. The van der Waals surface area contributed by atoms with E-state index < -0.39 is 28.5 Å². The van der Waals surface area contributed by atoms with Crippen LogP contribution in [0.15, 0.2) is 48.5 Å². The molecule has 2 rings (SSSR count). The molecule has 1 atom stereocenters. The number of para-hydroxylation sites is 2. The SMILES string of the molecule is CCNC(=O)[C@H](CC)N(Cc1ccc(OC)cc1)C(=O)CN(c1ccccc1OCC)S(C)(=O)=O. The number of nitrogens with zero attached hydrogens (tertiary/aromatic N) is 2. The number of rotatable bonds is 13. The molecule has 2 amide bonds. The molecular weight excluding hydrogens is 470 g/mol. The quantitative estimate of drug-likeness (QED) is 0.449. The third-order valence-electron chi connectivity index (χ3n) is 5.36. The number of nitrogens with one attached hydrogen (secondary N) is 1. The maximum atomic E-state index is 13.7. The first kappa shape index (κ1) is 28.0. The molecule has 2 aromatic rings. The summed E-state index contributed by atoms with van der Waals surface area (Å²) in [7, 11) is -2.28. The number of carbonyl (C=O) groups is 2. The highest BCUT2D eigenvalue weighted by Crippen LogP contribution is 2.30. The number of hydrogen-bond acceptors (Lipinski definition) is 6. The number of sulfonamides is 1. The van der Waals surface area contributed by atoms with E-state index in [1.54, 1.807) is 57.4 Å². The summed E-state index contributed by atoms with van der Waals surface area (Å²) >= 11 is 0. The van der Waals surface area contributed by atoms with Gasteiger partial charge in [0.1, 0.15) is 24.1 Å². The van der Waals surface area contributed by atoms with E-state index in [9.17, 15) is 18.0 Å². The summed E-state index contributed by atoms with van der Waals surface area (Å²) in [6.07, 6.45) is 1.40. The molecule has 0 aliphatic carbocycles. The Morgan fingerprint density at radius 1 is 1.03 bits per heavy atom. The summed E-state index contributed by atoms with van der Waals surface area (Å²) < 4.78 is 37.3. The van der Waals surface area contributed by atoms with Gasteiger partial charge in [0.05, 0.1) is 25.7 Å². The highest BCUT2D eigenvalue weighted by atomic mass is 32.2. The van der Waals surface area contributed by atoms with Crippen LogP contribution in [0.25, 0.3) is 0 Å². The maximum Gasteiger partial charge on any atom is 0.244 e. The van der Waals surface area contributed by atoms with Gasteiger partial charge in [0.2, 0.25) is 21.8 Å². The van der Waals surface area contributed by atoms with Crippen LogP contribution >= 0.6 is 0 Å². The molecule has 0 aliphatic rings. The molecule has 1 N–H and O–H groups in total. The van der Waals surface area contributed by atoms with Gasteiger partial charge in [-0.25, -0.2) is 8.42 Å². The van der Waals surface area contributed by atoms with Crippen molar-refractivity contribution in [3.8, 4) is 11.5 Å². The number of methoxy groups -OCH3 is 1. The topological polar surface area (TPSA) is 105 Å². The largest absolute Gasteiger partial charge is 0.497 e. The fraction of sp³-hybridized carbons (Fsp3) is 0.440. The highest BCUT2D eigenvalue weighted by molar-refractivity contribution is 7.92. The molecule has 35 heavy (non-hydrogen) atoms. The highest BCUT2D eigenvalue weighted by Gasteiger charge is 2.32. The van der Waals surface area contributed by atoms with E-state index in [4.69, 9.17) is 9.47 Å². The second kappa shape index (κ2) is 13.0. The maximum absolute atomic E-state index is 13.7. The summed E-state index contributed by atoms with van der Waals surface area (Å²) in [6.45, 7) is 5.81. The van der Waals surface area contributed by atoms with Crippen molar-refractivity contribution in [1.29, 1.82) is 0 Å². The van der Waals surface area contributed by atoms with Crippen molar-refractivity contribution >= 4 is 27.5 Å². The summed E-state index contributed by atoms with van der Waals surface area (Å²) in [6, 6.07) is 13.0. The van der Waals surface area contributed by atoms with Crippen LogP contribution in [0.5, 0.6) is 11.5 Å². The van der Waals surface area contributed by atoms with Crippen LogP contribution in [0.3, 0.4) is 0 Å². The molecule has 0 aliphatic heterocycles. The van der Waals surface area contributed by atoms with Gasteiger partial charge in [0, 0.05) is 13.1 Å². The van der Waals surface area contributed by atoms with Crippen LogP contribution in [0.4, 0.5) is 5.69 Å². The summed E-state index contributed by atoms with van der Waals surface area (Å²) in [5.74, 6) is 0.219. The predicted octanol–water partition coefficient (Wildman–Crippen LogP) is 2.80. The van der Waals surface area contributed by atoms with Gasteiger partial charge in [-0.2, -0.15) is 0 Å². The third kappa shape index (κ3) is 7.61. The van der Waals surface area contributed by atoms with Gasteiger partial charge in [-0.05, 0) is 50.1 Å². The second-order valence-electron chi connectivity index (χ2n) is 7.86. The Hall–Kier alpha value is -3.27. The summed E-state index contributed by atoms with van der Waals surface area (Å²) in [5, 5.41) is 2.77. The normalized spacial score (nSPS) is 11.9. The molecule has 0 unspecified atom stereocenters. The number of hydrogen-bond donors (Lipinski definition) is 1. The monoisotopic (exact) mass is 505 g/mol. The zero-order valence-electron chi connectivity index (χ0n) is 21.0. The Bertz CT molecular complexity index is 1090. The summed E-state index contributed by atoms with van der Waals surface area (Å²) in [4.78, 5) is 27.9. The van der Waals surface area contributed by atoms with Crippen LogP contribution in [0, 0.1) is 0 Å². The van der Waals surface area contributed by atoms with Gasteiger partial charge in [-0.15, -0.1) is 0 Å². The molecule has 0 radical (unpaired) electrons. The van der Waals surface area contributed by atoms with Gasteiger partial charge >= 0.3 is 0 Å². The molecule has 9 nitrogen and oxygen atoms in total. The second-order valence-corrected chi connectivity index (χ2v) is 9.77. The van der Waals surface area contributed by atoms with E-state index >= 15 is 0 Å². The third-order valence-corrected chi connectivity index (χ3v) is 6.49. The molecule has 0 spiro atoms. The summed E-state index contributed by atoms with van der Waals surface area (Å²) in [5.41, 5.74) is 1.04. The number of ether oxygens (including phenoxy) is 2. The zero-order chi connectivity index (χ0) is 26.0. The van der Waals surface area contributed by atoms with Crippen molar-refractivity contribution in [3.05, 3.63) is 54.1 Å². The number of amides is 2. The smallest absolute Gasteiger partial charge is 0.244 e. The van der Waals surface area contributed by atoms with Crippen molar-refractivity contribution < 1.29 is 27.5 Å². The van der Waals surface area contributed by atoms with Crippen molar-refractivity contribution in [2.24, 2.45) is 0 Å². The first-order valence-corrected chi connectivity index (χ1v) is 13.4. The minimum atomic E-state index is -3.84. The van der Waals surface area contributed by atoms with Crippen molar-refractivity contribution in [2.45, 2.75) is 39.8 Å². The van der Waals surface area contributed by atoms with E-state index in [1.807, 2.05) is 19.1 Å². The van der Waals surface area contributed by atoms with Gasteiger partial charge < -0.3 is 19.7 Å². The van der Waals surface area contributed by atoms with Crippen LogP contribution in [-0.2, 0) is 26.2 Å². The lowest BCUT2D eigenvalue weighted by Crippen LogP contribution is -2.52. The fourth-order valence-corrected chi connectivity index (χ4v) is 4.53. The van der Waals surface area contributed by atoms with Gasteiger partial charge in [0.15, 0.2) is 0 Å². The lowest BCUT2D eigenvalue weighted by molar-refractivity contribution is -0.140. The van der Waals surface area contributed by atoms with Crippen molar-refractivity contribution in [2.75, 3.05) is 37.4 Å². The molecule has 0 bridgehead atoms. The van der Waals surface area contributed by atoms with E-state index in [2.05, 4.69) is 5.32 Å². The zero-order valence-corrected chi connectivity index (χ0v) is 21.8. The molecule has 10 heteroatoms. The Balaban J connectivity index is 2.46. The first-order chi connectivity index (χ1) is 16.7.